The molecule has 0 aliphatic heterocycles. The van der Waals surface area contributed by atoms with Crippen molar-refractivity contribution in [3.63, 3.8) is 0 Å². The predicted octanol–water partition coefficient (Wildman–Crippen LogP) is 4.63. The number of benzene rings is 1. The molecule has 1 aromatic rings. The van der Waals surface area contributed by atoms with E-state index in [0.717, 1.165) is 10.1 Å². The van der Waals surface area contributed by atoms with Crippen LogP contribution in [0.15, 0.2) is 18.2 Å². The van der Waals surface area contributed by atoms with E-state index in [2.05, 4.69) is 43.8 Å². The average molecular weight is 457 g/mol. The summed E-state index contributed by atoms with van der Waals surface area (Å²) in [6.45, 7) is 0.766. The third-order valence-electron chi connectivity index (χ3n) is 3.51. The van der Waals surface area contributed by atoms with Gasteiger partial charge in [0.1, 0.15) is 0 Å². The molecule has 1 aromatic carbocycles. The largest absolute Gasteiger partial charge is 0.352 e. The van der Waals surface area contributed by atoms with E-state index in [1.807, 2.05) is 12.1 Å². The van der Waals surface area contributed by atoms with Crippen molar-refractivity contribution < 1.29 is 4.79 Å². The molecule has 0 spiro atoms. The molecule has 0 bridgehead atoms. The molecule has 1 fully saturated rings. The Morgan fingerprint density at radius 1 is 1.37 bits per heavy atom. The smallest absolute Gasteiger partial charge is 0.251 e. The van der Waals surface area contributed by atoms with Crippen molar-refractivity contribution in [2.75, 3.05) is 6.54 Å². The van der Waals surface area contributed by atoms with E-state index in [9.17, 15) is 4.79 Å². The number of halogens is 3. The monoisotopic (exact) mass is 455 g/mol. The Labute approximate surface area is 140 Å². The van der Waals surface area contributed by atoms with Crippen LogP contribution in [0.25, 0.3) is 0 Å². The van der Waals surface area contributed by atoms with Crippen LogP contribution >= 0.6 is 50.1 Å². The van der Waals surface area contributed by atoms with Crippen LogP contribution in [0.3, 0.4) is 0 Å². The highest BCUT2D eigenvalue weighted by Gasteiger charge is 2.19. The topological polar surface area (TPSA) is 29.1 Å². The fourth-order valence-electron chi connectivity index (χ4n) is 2.30. The molecule has 0 radical (unpaired) electrons. The van der Waals surface area contributed by atoms with E-state index < -0.39 is 0 Å². The van der Waals surface area contributed by atoms with E-state index in [0.29, 0.717) is 21.3 Å². The highest BCUT2D eigenvalue weighted by atomic mass is 127. The Bertz CT molecular complexity index is 461. The Kier molecular flexibility index (Phi) is 5.96. The lowest BCUT2D eigenvalue weighted by Gasteiger charge is -2.25. The van der Waals surface area contributed by atoms with Crippen LogP contribution in [0.1, 0.15) is 36.0 Å². The molecule has 2 nitrogen and oxygen atoms in total. The molecule has 5 heteroatoms. The minimum Gasteiger partial charge on any atom is -0.352 e. The lowest BCUT2D eigenvalue weighted by atomic mass is 9.89. The van der Waals surface area contributed by atoms with E-state index >= 15 is 0 Å². The zero-order valence-corrected chi connectivity index (χ0v) is 15.0. The molecule has 1 saturated carbocycles. The van der Waals surface area contributed by atoms with Crippen molar-refractivity contribution in [2.24, 2.45) is 5.92 Å². The van der Waals surface area contributed by atoms with Crippen molar-refractivity contribution >= 4 is 56.0 Å². The molecule has 0 aromatic heterocycles. The summed E-state index contributed by atoms with van der Waals surface area (Å²) >= 11 is 11.8. The van der Waals surface area contributed by atoms with E-state index in [-0.39, 0.29) is 5.91 Å². The standard InChI is InChI=1S/C14H16BrClINO/c15-11-4-1-9(2-5-11)8-18-14(19)10-3-6-13(17)12(16)7-10/h3,6-7,9,11H,1-2,4-5,8H2,(H,18,19). The summed E-state index contributed by atoms with van der Waals surface area (Å²) in [5.41, 5.74) is 0.639. The third-order valence-corrected chi connectivity index (χ3v) is 6.00. The quantitative estimate of drug-likeness (QED) is 0.522. The summed E-state index contributed by atoms with van der Waals surface area (Å²) in [6, 6.07) is 5.42. The second-order valence-corrected chi connectivity index (χ2v) is 7.82. The second-order valence-electron chi connectivity index (χ2n) is 4.96. The molecule has 1 amide bonds. The third kappa shape index (κ3) is 4.60. The Balaban J connectivity index is 1.85. The Hall–Kier alpha value is 0.190. The molecule has 1 aliphatic rings. The van der Waals surface area contributed by atoms with Gasteiger partial charge >= 0.3 is 0 Å². The van der Waals surface area contributed by atoms with Gasteiger partial charge in [0.25, 0.3) is 5.91 Å². The minimum absolute atomic E-state index is 0.0285. The Morgan fingerprint density at radius 2 is 2.05 bits per heavy atom. The molecule has 2 rings (SSSR count). The van der Waals surface area contributed by atoms with Gasteiger partial charge in [-0.05, 0) is 72.4 Å². The zero-order chi connectivity index (χ0) is 13.8. The maximum Gasteiger partial charge on any atom is 0.251 e. The lowest BCUT2D eigenvalue weighted by Crippen LogP contribution is -2.31. The van der Waals surface area contributed by atoms with Gasteiger partial charge in [0.2, 0.25) is 0 Å². The van der Waals surface area contributed by atoms with Gasteiger partial charge in [-0.1, -0.05) is 27.5 Å². The molecule has 1 aliphatic carbocycles. The number of alkyl halides is 1. The van der Waals surface area contributed by atoms with E-state index in [1.54, 1.807) is 6.07 Å². The van der Waals surface area contributed by atoms with Crippen LogP contribution in [0, 0.1) is 9.49 Å². The number of rotatable bonds is 3. The summed E-state index contributed by atoms with van der Waals surface area (Å²) in [4.78, 5) is 12.7. The highest BCUT2D eigenvalue weighted by Crippen LogP contribution is 2.28. The van der Waals surface area contributed by atoms with Crippen LogP contribution in [0.5, 0.6) is 0 Å². The van der Waals surface area contributed by atoms with Gasteiger partial charge in [-0.15, -0.1) is 0 Å². The Morgan fingerprint density at radius 3 is 2.68 bits per heavy atom. The summed E-state index contributed by atoms with van der Waals surface area (Å²) in [7, 11) is 0. The van der Waals surface area contributed by atoms with Crippen molar-refractivity contribution in [1.82, 2.24) is 5.32 Å². The predicted molar refractivity (Wildman–Crippen MR) is 91.2 cm³/mol. The maximum atomic E-state index is 12.0. The van der Waals surface area contributed by atoms with Crippen molar-refractivity contribution in [3.8, 4) is 0 Å². The van der Waals surface area contributed by atoms with Crippen LogP contribution in [-0.2, 0) is 0 Å². The van der Waals surface area contributed by atoms with Crippen molar-refractivity contribution in [3.05, 3.63) is 32.4 Å². The second kappa shape index (κ2) is 7.27. The van der Waals surface area contributed by atoms with Gasteiger partial charge in [0.15, 0.2) is 0 Å². The summed E-state index contributed by atoms with van der Waals surface area (Å²) < 4.78 is 0.964. The first-order valence-electron chi connectivity index (χ1n) is 6.43. The van der Waals surface area contributed by atoms with Gasteiger partial charge < -0.3 is 5.32 Å². The van der Waals surface area contributed by atoms with Gasteiger partial charge in [0.05, 0.1) is 5.02 Å². The first-order chi connectivity index (χ1) is 9.06. The van der Waals surface area contributed by atoms with Crippen LogP contribution in [0.2, 0.25) is 5.02 Å². The van der Waals surface area contributed by atoms with Gasteiger partial charge in [0, 0.05) is 20.5 Å². The molecule has 0 atom stereocenters. The van der Waals surface area contributed by atoms with Gasteiger partial charge in [-0.25, -0.2) is 0 Å². The summed E-state index contributed by atoms with van der Waals surface area (Å²) in [5, 5.41) is 3.65. The van der Waals surface area contributed by atoms with Crippen molar-refractivity contribution in [1.29, 1.82) is 0 Å². The molecule has 104 valence electrons. The van der Waals surface area contributed by atoms with Gasteiger partial charge in [-0.2, -0.15) is 0 Å². The van der Waals surface area contributed by atoms with Crippen LogP contribution in [0.4, 0.5) is 0 Å². The first kappa shape index (κ1) is 15.6. The van der Waals surface area contributed by atoms with Crippen LogP contribution in [-0.4, -0.2) is 17.3 Å². The van der Waals surface area contributed by atoms with Crippen molar-refractivity contribution in [2.45, 2.75) is 30.5 Å². The molecule has 0 unspecified atom stereocenters. The fraction of sp³-hybridized carbons (Fsp3) is 0.500. The molecule has 0 saturated heterocycles. The SMILES string of the molecule is O=C(NCC1CCC(Br)CC1)c1ccc(I)c(Cl)c1. The van der Waals surface area contributed by atoms with Gasteiger partial charge in [-0.3, -0.25) is 4.79 Å². The molecular weight excluding hydrogens is 440 g/mol. The number of hydrogen-bond donors (Lipinski definition) is 1. The first-order valence-corrected chi connectivity index (χ1v) is 8.81. The average Bonchev–Trinajstić information content (AvgIpc) is 2.41. The summed E-state index contributed by atoms with van der Waals surface area (Å²) in [6.07, 6.45) is 4.78. The number of carbonyl (C=O) groups is 1. The molecular formula is C14H16BrClINO. The number of nitrogens with one attached hydrogen (secondary N) is 1. The molecule has 0 heterocycles. The van der Waals surface area contributed by atoms with E-state index in [4.69, 9.17) is 11.6 Å². The lowest BCUT2D eigenvalue weighted by molar-refractivity contribution is 0.0944. The molecule has 1 N–H and O–H groups in total. The number of hydrogen-bond acceptors (Lipinski definition) is 1. The number of carbonyl (C=O) groups excluding carboxylic acids is 1. The molecule has 19 heavy (non-hydrogen) atoms. The minimum atomic E-state index is -0.0285. The zero-order valence-electron chi connectivity index (χ0n) is 10.5. The van der Waals surface area contributed by atoms with E-state index in [1.165, 1.54) is 25.7 Å². The highest BCUT2D eigenvalue weighted by molar-refractivity contribution is 14.1. The maximum absolute atomic E-state index is 12.0. The number of amides is 1. The summed E-state index contributed by atoms with van der Waals surface area (Å²) in [5.74, 6) is 0.580. The fourth-order valence-corrected chi connectivity index (χ4v) is 3.35. The normalized spacial score (nSPS) is 23.1. The van der Waals surface area contributed by atoms with Crippen LogP contribution < -0.4 is 5.32 Å².